The Balaban J connectivity index is 2.99. The van der Waals surface area contributed by atoms with Gasteiger partial charge < -0.3 is 10.4 Å². The highest BCUT2D eigenvalue weighted by Crippen LogP contribution is 2.25. The number of nitrogens with one attached hydrogen (secondary N) is 1. The first-order chi connectivity index (χ1) is 8.10. The molecule has 92 valence electrons. The fourth-order valence-corrected chi connectivity index (χ4v) is 1.85. The monoisotopic (exact) mass is 232 g/mol. The summed E-state index contributed by atoms with van der Waals surface area (Å²) in [6.45, 7) is 6.20. The van der Waals surface area contributed by atoms with Crippen LogP contribution in [0.4, 0.5) is 5.69 Å². The minimum Gasteiger partial charge on any atom is -0.394 e. The Morgan fingerprint density at radius 2 is 2.00 bits per heavy atom. The van der Waals surface area contributed by atoms with Crippen molar-refractivity contribution in [3.8, 4) is 6.07 Å². The molecule has 17 heavy (non-hydrogen) atoms. The highest BCUT2D eigenvalue weighted by atomic mass is 16.3. The number of rotatable bonds is 5. The van der Waals surface area contributed by atoms with Gasteiger partial charge in [0.1, 0.15) is 0 Å². The summed E-state index contributed by atoms with van der Waals surface area (Å²) >= 11 is 0. The Bertz CT molecular complexity index is 408. The van der Waals surface area contributed by atoms with E-state index < -0.39 is 0 Å². The van der Waals surface area contributed by atoms with Crippen LogP contribution in [0.1, 0.15) is 37.8 Å². The summed E-state index contributed by atoms with van der Waals surface area (Å²) in [7, 11) is 0. The molecule has 0 aliphatic heterocycles. The van der Waals surface area contributed by atoms with Gasteiger partial charge in [0.25, 0.3) is 0 Å². The molecule has 1 aromatic rings. The van der Waals surface area contributed by atoms with Crippen molar-refractivity contribution in [1.82, 2.24) is 0 Å². The Kier molecular flexibility index (Phi) is 4.53. The third-order valence-electron chi connectivity index (χ3n) is 3.41. The normalized spacial score (nSPS) is 11.0. The molecule has 2 N–H and O–H groups in total. The maximum absolute atomic E-state index is 9.51. The van der Waals surface area contributed by atoms with E-state index in [0.717, 1.165) is 24.1 Å². The Morgan fingerprint density at radius 1 is 1.35 bits per heavy atom. The summed E-state index contributed by atoms with van der Waals surface area (Å²) < 4.78 is 0. The number of aryl methyl sites for hydroxylation is 1. The van der Waals surface area contributed by atoms with Gasteiger partial charge in [-0.3, -0.25) is 0 Å². The van der Waals surface area contributed by atoms with Crippen LogP contribution in [0.2, 0.25) is 0 Å². The number of nitriles is 1. The first kappa shape index (κ1) is 13.5. The van der Waals surface area contributed by atoms with Crippen molar-refractivity contribution >= 4 is 5.69 Å². The smallest absolute Gasteiger partial charge is 0.0991 e. The van der Waals surface area contributed by atoms with Crippen LogP contribution < -0.4 is 5.32 Å². The van der Waals surface area contributed by atoms with E-state index in [4.69, 9.17) is 5.26 Å². The van der Waals surface area contributed by atoms with Gasteiger partial charge >= 0.3 is 0 Å². The predicted octanol–water partition coefficient (Wildman–Crippen LogP) is 2.83. The van der Waals surface area contributed by atoms with Crippen LogP contribution in [0, 0.1) is 18.3 Å². The first-order valence-electron chi connectivity index (χ1n) is 6.00. The molecule has 0 amide bonds. The van der Waals surface area contributed by atoms with E-state index in [0.29, 0.717) is 5.56 Å². The number of hydrogen-bond acceptors (Lipinski definition) is 3. The molecule has 0 aliphatic rings. The van der Waals surface area contributed by atoms with Crippen molar-refractivity contribution in [1.29, 1.82) is 5.26 Å². The second-order valence-electron chi connectivity index (χ2n) is 4.41. The SMILES string of the molecule is CCC(CC)(CO)Nc1ccc(C#N)cc1C. The summed E-state index contributed by atoms with van der Waals surface area (Å²) in [4.78, 5) is 0. The van der Waals surface area contributed by atoms with E-state index in [-0.39, 0.29) is 12.1 Å². The number of benzene rings is 1. The molecule has 1 aromatic carbocycles. The zero-order valence-electron chi connectivity index (χ0n) is 10.7. The molecule has 0 unspecified atom stereocenters. The van der Waals surface area contributed by atoms with Crippen molar-refractivity contribution in [3.63, 3.8) is 0 Å². The van der Waals surface area contributed by atoms with Gasteiger partial charge in [-0.1, -0.05) is 13.8 Å². The van der Waals surface area contributed by atoms with Gasteiger partial charge in [0.15, 0.2) is 0 Å². The van der Waals surface area contributed by atoms with E-state index >= 15 is 0 Å². The molecule has 0 saturated carbocycles. The first-order valence-corrected chi connectivity index (χ1v) is 6.00. The summed E-state index contributed by atoms with van der Waals surface area (Å²) in [6.07, 6.45) is 1.72. The van der Waals surface area contributed by atoms with E-state index in [1.54, 1.807) is 6.07 Å². The largest absolute Gasteiger partial charge is 0.394 e. The highest BCUT2D eigenvalue weighted by Gasteiger charge is 2.25. The minimum atomic E-state index is -0.265. The third-order valence-corrected chi connectivity index (χ3v) is 3.41. The van der Waals surface area contributed by atoms with E-state index in [1.807, 2.05) is 19.1 Å². The van der Waals surface area contributed by atoms with Crippen LogP contribution in [0.5, 0.6) is 0 Å². The van der Waals surface area contributed by atoms with Crippen molar-refractivity contribution in [2.75, 3.05) is 11.9 Å². The van der Waals surface area contributed by atoms with Crippen LogP contribution in [-0.4, -0.2) is 17.3 Å². The van der Waals surface area contributed by atoms with Crippen molar-refractivity contribution in [2.24, 2.45) is 0 Å². The molecule has 0 saturated heterocycles. The average molecular weight is 232 g/mol. The average Bonchev–Trinajstić information content (AvgIpc) is 2.38. The second kappa shape index (κ2) is 5.70. The van der Waals surface area contributed by atoms with E-state index in [1.165, 1.54) is 0 Å². The molecular weight excluding hydrogens is 212 g/mol. The van der Waals surface area contributed by atoms with Crippen LogP contribution in [0.15, 0.2) is 18.2 Å². The number of aliphatic hydroxyl groups is 1. The predicted molar refractivity (Wildman–Crippen MR) is 69.9 cm³/mol. The third kappa shape index (κ3) is 2.98. The van der Waals surface area contributed by atoms with Gasteiger partial charge in [0, 0.05) is 5.69 Å². The van der Waals surface area contributed by atoms with Crippen LogP contribution in [0.25, 0.3) is 0 Å². The fraction of sp³-hybridized carbons (Fsp3) is 0.500. The lowest BCUT2D eigenvalue weighted by Crippen LogP contribution is -2.41. The quantitative estimate of drug-likeness (QED) is 0.820. The fourth-order valence-electron chi connectivity index (χ4n) is 1.85. The van der Waals surface area contributed by atoms with Gasteiger partial charge in [-0.25, -0.2) is 0 Å². The van der Waals surface area contributed by atoms with Crippen LogP contribution >= 0.6 is 0 Å². The lowest BCUT2D eigenvalue weighted by Gasteiger charge is -2.32. The summed E-state index contributed by atoms with van der Waals surface area (Å²) in [5.41, 5.74) is 2.42. The molecule has 0 bridgehead atoms. The molecule has 0 radical (unpaired) electrons. The zero-order valence-corrected chi connectivity index (χ0v) is 10.7. The molecule has 0 fully saturated rings. The summed E-state index contributed by atoms with van der Waals surface area (Å²) in [6, 6.07) is 7.68. The summed E-state index contributed by atoms with van der Waals surface area (Å²) in [5, 5.41) is 21.7. The van der Waals surface area contributed by atoms with Gasteiger partial charge in [0.2, 0.25) is 0 Å². The molecule has 0 aromatic heterocycles. The van der Waals surface area contributed by atoms with E-state index in [9.17, 15) is 5.11 Å². The number of nitrogens with zero attached hydrogens (tertiary/aromatic N) is 1. The van der Waals surface area contributed by atoms with Gasteiger partial charge in [-0.05, 0) is 43.5 Å². The summed E-state index contributed by atoms with van der Waals surface area (Å²) in [5.74, 6) is 0. The molecule has 0 atom stereocenters. The topological polar surface area (TPSA) is 56.0 Å². The molecule has 0 aliphatic carbocycles. The standard InChI is InChI=1S/C14H20N2O/c1-4-14(5-2,10-17)16-13-7-6-12(9-15)8-11(13)3/h6-8,16-17H,4-5,10H2,1-3H3. The Morgan fingerprint density at radius 3 is 2.41 bits per heavy atom. The lowest BCUT2D eigenvalue weighted by atomic mass is 9.93. The van der Waals surface area contributed by atoms with Gasteiger partial charge in [0.05, 0.1) is 23.8 Å². The van der Waals surface area contributed by atoms with Crippen LogP contribution in [-0.2, 0) is 0 Å². The molecule has 3 nitrogen and oxygen atoms in total. The molecule has 0 spiro atoms. The number of hydrogen-bond donors (Lipinski definition) is 2. The maximum Gasteiger partial charge on any atom is 0.0991 e. The Labute approximate surface area is 103 Å². The second-order valence-corrected chi connectivity index (χ2v) is 4.41. The van der Waals surface area contributed by atoms with E-state index in [2.05, 4.69) is 25.2 Å². The zero-order chi connectivity index (χ0) is 12.9. The van der Waals surface area contributed by atoms with Gasteiger partial charge in [-0.2, -0.15) is 5.26 Å². The molecular formula is C14H20N2O. The van der Waals surface area contributed by atoms with Gasteiger partial charge in [-0.15, -0.1) is 0 Å². The lowest BCUT2D eigenvalue weighted by molar-refractivity contribution is 0.202. The highest BCUT2D eigenvalue weighted by molar-refractivity contribution is 5.55. The molecule has 3 heteroatoms. The van der Waals surface area contributed by atoms with Crippen LogP contribution in [0.3, 0.4) is 0 Å². The Hall–Kier alpha value is -1.53. The van der Waals surface area contributed by atoms with Crippen molar-refractivity contribution in [3.05, 3.63) is 29.3 Å². The van der Waals surface area contributed by atoms with Crippen molar-refractivity contribution in [2.45, 2.75) is 39.2 Å². The minimum absolute atomic E-state index is 0.111. The molecule has 1 rings (SSSR count). The maximum atomic E-state index is 9.51. The number of aliphatic hydroxyl groups excluding tert-OH is 1. The number of anilines is 1. The van der Waals surface area contributed by atoms with Crippen molar-refractivity contribution < 1.29 is 5.11 Å². The molecule has 0 heterocycles.